The quantitative estimate of drug-likeness (QED) is 0.767. The predicted molar refractivity (Wildman–Crippen MR) is 102 cm³/mol. The van der Waals surface area contributed by atoms with E-state index >= 15 is 0 Å². The molecule has 0 bridgehead atoms. The van der Waals surface area contributed by atoms with E-state index in [0.29, 0.717) is 19.8 Å². The topological polar surface area (TPSA) is 74.2 Å². The Kier molecular flexibility index (Phi) is 5.83. The Morgan fingerprint density at radius 3 is 2.88 bits per heavy atom. The van der Waals surface area contributed by atoms with E-state index in [2.05, 4.69) is 35.4 Å². The molecule has 0 aliphatic carbocycles. The van der Waals surface area contributed by atoms with E-state index in [1.807, 2.05) is 17.9 Å². The maximum absolute atomic E-state index is 12.4. The summed E-state index contributed by atoms with van der Waals surface area (Å²) in [6.07, 6.45) is -0.488. The second-order valence-corrected chi connectivity index (χ2v) is 7.29. The van der Waals surface area contributed by atoms with E-state index in [9.17, 15) is 9.59 Å². The fourth-order valence-electron chi connectivity index (χ4n) is 3.11. The number of carbonyl (C=O) groups is 2. The summed E-state index contributed by atoms with van der Waals surface area (Å²) in [7, 11) is 1.66. The van der Waals surface area contributed by atoms with Crippen LogP contribution in [-0.2, 0) is 15.3 Å². The molecule has 8 heteroatoms. The van der Waals surface area contributed by atoms with Crippen LogP contribution in [0.2, 0.25) is 0 Å². The summed E-state index contributed by atoms with van der Waals surface area (Å²) >= 11 is 1.59. The third kappa shape index (κ3) is 3.86. The van der Waals surface area contributed by atoms with Crippen molar-refractivity contribution in [2.75, 3.05) is 26.8 Å². The molecule has 2 aliphatic rings. The minimum atomic E-state index is -0.502. The molecule has 1 aromatic rings. The molecular weight excluding hydrogens is 352 g/mol. The minimum absolute atomic E-state index is 0.301. The van der Waals surface area contributed by atoms with Gasteiger partial charge in [0.15, 0.2) is 17.4 Å². The van der Waals surface area contributed by atoms with Gasteiger partial charge in [0.1, 0.15) is 0 Å². The molecule has 2 atom stereocenters. The normalized spacial score (nSPS) is 22.3. The van der Waals surface area contributed by atoms with Crippen LogP contribution < -0.4 is 5.32 Å². The van der Waals surface area contributed by atoms with Crippen LogP contribution in [0.4, 0.5) is 4.79 Å². The molecule has 140 valence electrons. The first-order chi connectivity index (χ1) is 12.5. The number of amidine groups is 1. The number of hydrogen-bond donors (Lipinski definition) is 1. The van der Waals surface area contributed by atoms with E-state index < -0.39 is 18.2 Å². The predicted octanol–water partition coefficient (Wildman–Crippen LogP) is 1.81. The van der Waals surface area contributed by atoms with Crippen LogP contribution in [0.1, 0.15) is 18.1 Å². The molecule has 0 spiro atoms. The average Bonchev–Trinajstić information content (AvgIpc) is 2.98. The lowest BCUT2D eigenvalue weighted by atomic mass is 10.1. The van der Waals surface area contributed by atoms with Crippen molar-refractivity contribution in [3.8, 4) is 0 Å². The van der Waals surface area contributed by atoms with Gasteiger partial charge in [0.2, 0.25) is 0 Å². The highest BCUT2D eigenvalue weighted by atomic mass is 32.2. The number of thioether (sulfide) groups is 1. The van der Waals surface area contributed by atoms with Crippen LogP contribution in [0.3, 0.4) is 0 Å². The molecule has 1 N–H and O–H groups in total. The van der Waals surface area contributed by atoms with E-state index in [0.717, 1.165) is 10.9 Å². The highest BCUT2D eigenvalue weighted by Gasteiger charge is 2.48. The Bertz CT molecular complexity index is 724. The molecule has 1 aromatic carbocycles. The molecule has 3 amide bonds. The number of aryl methyl sites for hydroxylation is 1. The van der Waals surface area contributed by atoms with E-state index in [4.69, 9.17) is 4.74 Å². The summed E-state index contributed by atoms with van der Waals surface area (Å²) in [5.41, 5.74) is 2.41. The zero-order valence-corrected chi connectivity index (χ0v) is 16.1. The van der Waals surface area contributed by atoms with Gasteiger partial charge in [-0.2, -0.15) is 0 Å². The number of nitrogens with zero attached hydrogens (tertiary/aromatic N) is 3. The van der Waals surface area contributed by atoms with Gasteiger partial charge in [0.25, 0.3) is 5.91 Å². The summed E-state index contributed by atoms with van der Waals surface area (Å²) < 4.78 is 5.47. The molecule has 2 heterocycles. The van der Waals surface area contributed by atoms with Gasteiger partial charge in [-0.15, -0.1) is 0 Å². The number of imide groups is 1. The van der Waals surface area contributed by atoms with Crippen LogP contribution in [0.25, 0.3) is 0 Å². The number of urea groups is 1. The van der Waals surface area contributed by atoms with Crippen LogP contribution >= 0.6 is 11.8 Å². The molecule has 26 heavy (non-hydrogen) atoms. The van der Waals surface area contributed by atoms with Crippen molar-refractivity contribution in [2.24, 2.45) is 4.99 Å². The summed E-state index contributed by atoms with van der Waals surface area (Å²) in [5.74, 6) is 0.453. The Morgan fingerprint density at radius 1 is 1.35 bits per heavy atom. The largest absolute Gasteiger partial charge is 0.380 e. The van der Waals surface area contributed by atoms with Crippen molar-refractivity contribution in [3.05, 3.63) is 35.4 Å². The highest BCUT2D eigenvalue weighted by molar-refractivity contribution is 8.13. The number of rotatable bonds is 6. The average molecular weight is 376 g/mol. The first-order valence-corrected chi connectivity index (χ1v) is 9.68. The smallest absolute Gasteiger partial charge is 0.325 e. The standard InChI is InChI=1S/C18H24N4O3S/c1-4-25-9-8-22-14-15(21(3)17(24)20-16(14)23)19-18(22)26-11-13-7-5-6-12(2)10-13/h5-7,10,14-15H,4,8-9,11H2,1-3H3,(H,20,23,24). The lowest BCUT2D eigenvalue weighted by Gasteiger charge is -2.36. The zero-order valence-electron chi connectivity index (χ0n) is 15.3. The van der Waals surface area contributed by atoms with Crippen LogP contribution in [-0.4, -0.2) is 65.9 Å². The maximum atomic E-state index is 12.4. The summed E-state index contributed by atoms with van der Waals surface area (Å²) in [6, 6.07) is 7.41. The first-order valence-electron chi connectivity index (χ1n) is 8.69. The monoisotopic (exact) mass is 376 g/mol. The maximum Gasteiger partial charge on any atom is 0.325 e. The number of aliphatic imine (C=N–C) groups is 1. The molecule has 3 rings (SSSR count). The Hall–Kier alpha value is -2.06. The summed E-state index contributed by atoms with van der Waals surface area (Å²) in [5, 5.41) is 3.18. The molecule has 1 saturated heterocycles. The fraction of sp³-hybridized carbons (Fsp3) is 0.500. The van der Waals surface area contributed by atoms with Gasteiger partial charge >= 0.3 is 6.03 Å². The number of likely N-dealkylation sites (N-methyl/N-ethyl adjacent to an activating group) is 1. The van der Waals surface area contributed by atoms with Gasteiger partial charge < -0.3 is 14.5 Å². The van der Waals surface area contributed by atoms with Gasteiger partial charge in [0, 0.05) is 26.0 Å². The number of benzene rings is 1. The van der Waals surface area contributed by atoms with E-state index in [-0.39, 0.29) is 5.91 Å². The van der Waals surface area contributed by atoms with Gasteiger partial charge in [-0.05, 0) is 19.4 Å². The number of ether oxygens (including phenoxy) is 1. The molecule has 2 aliphatic heterocycles. The van der Waals surface area contributed by atoms with Crippen molar-refractivity contribution in [1.82, 2.24) is 15.1 Å². The summed E-state index contributed by atoms with van der Waals surface area (Å²) in [6.45, 7) is 5.69. The van der Waals surface area contributed by atoms with Crippen LogP contribution in [0.5, 0.6) is 0 Å². The second kappa shape index (κ2) is 8.09. The molecule has 1 fully saturated rings. The lowest BCUT2D eigenvalue weighted by Crippen LogP contribution is -2.63. The highest BCUT2D eigenvalue weighted by Crippen LogP contribution is 2.29. The van der Waals surface area contributed by atoms with Crippen molar-refractivity contribution in [2.45, 2.75) is 31.8 Å². The first kappa shape index (κ1) is 18.7. The molecule has 0 radical (unpaired) electrons. The second-order valence-electron chi connectivity index (χ2n) is 6.34. The number of nitrogens with one attached hydrogen (secondary N) is 1. The number of fused-ring (bicyclic) bond motifs is 1. The van der Waals surface area contributed by atoms with E-state index in [1.54, 1.807) is 18.8 Å². The van der Waals surface area contributed by atoms with Gasteiger partial charge in [0.05, 0.1) is 6.61 Å². The van der Waals surface area contributed by atoms with Gasteiger partial charge in [-0.3, -0.25) is 10.1 Å². The Labute approximate surface area is 157 Å². The Balaban J connectivity index is 1.77. The van der Waals surface area contributed by atoms with Crippen molar-refractivity contribution >= 4 is 28.9 Å². The minimum Gasteiger partial charge on any atom is -0.380 e. The third-order valence-corrected chi connectivity index (χ3v) is 5.53. The molecular formula is C18H24N4O3S. The van der Waals surface area contributed by atoms with E-state index in [1.165, 1.54) is 16.0 Å². The SMILES string of the molecule is CCOCCN1C(SCc2cccc(C)c2)=NC2C1C(=O)NC(=O)N2C. The number of hydrogen-bond acceptors (Lipinski definition) is 6. The summed E-state index contributed by atoms with van der Waals surface area (Å²) in [4.78, 5) is 32.5. The fourth-order valence-corrected chi connectivity index (χ4v) is 4.14. The Morgan fingerprint density at radius 2 is 2.15 bits per heavy atom. The number of carbonyl (C=O) groups excluding carboxylic acids is 2. The zero-order chi connectivity index (χ0) is 18.7. The van der Waals surface area contributed by atoms with Crippen LogP contribution in [0, 0.1) is 6.92 Å². The number of amides is 3. The van der Waals surface area contributed by atoms with Crippen molar-refractivity contribution in [1.29, 1.82) is 0 Å². The third-order valence-electron chi connectivity index (χ3n) is 4.45. The van der Waals surface area contributed by atoms with Gasteiger partial charge in [-0.1, -0.05) is 41.6 Å². The molecule has 0 aromatic heterocycles. The lowest BCUT2D eigenvalue weighted by molar-refractivity contribution is -0.127. The van der Waals surface area contributed by atoms with Gasteiger partial charge in [-0.25, -0.2) is 9.79 Å². The van der Waals surface area contributed by atoms with Crippen LogP contribution in [0.15, 0.2) is 29.3 Å². The molecule has 2 unspecified atom stereocenters. The molecule has 7 nitrogen and oxygen atoms in total. The molecule has 0 saturated carbocycles. The van der Waals surface area contributed by atoms with Crippen molar-refractivity contribution < 1.29 is 14.3 Å². The van der Waals surface area contributed by atoms with Crippen molar-refractivity contribution in [3.63, 3.8) is 0 Å².